The molecule has 0 aliphatic carbocycles. The molecule has 0 spiro atoms. The third-order valence-electron chi connectivity index (χ3n) is 3.37. The largest absolute Gasteiger partial charge is 0.486 e. The maximum Gasteiger partial charge on any atom is 0.163 e. The molecule has 1 aromatic carbocycles. The predicted molar refractivity (Wildman–Crippen MR) is 78.4 cm³/mol. The molecule has 0 saturated carbocycles. The normalized spacial score (nSPS) is 14.8. The Morgan fingerprint density at radius 3 is 2.50 bits per heavy atom. The third-order valence-corrected chi connectivity index (χ3v) is 3.37. The van der Waals surface area contributed by atoms with Crippen LogP contribution in [-0.4, -0.2) is 28.3 Å². The fourth-order valence-corrected chi connectivity index (χ4v) is 2.57. The standard InChI is InChI=1S/C15H21N3O2/c1-4-14-17-10-7-12-13(20-6-5-19-12)8-11(10)18(14)9-15(2,3)16/h7-8H,4-6,9,16H2,1-3H3. The first kappa shape index (κ1) is 13.2. The molecule has 2 N–H and O–H groups in total. The molecule has 0 fully saturated rings. The number of hydrogen-bond acceptors (Lipinski definition) is 4. The third kappa shape index (κ3) is 2.33. The van der Waals surface area contributed by atoms with E-state index in [0.717, 1.165) is 41.3 Å². The molecule has 1 aromatic heterocycles. The summed E-state index contributed by atoms with van der Waals surface area (Å²) in [6.45, 7) is 8.07. The van der Waals surface area contributed by atoms with Gasteiger partial charge in [-0.25, -0.2) is 4.98 Å². The zero-order valence-electron chi connectivity index (χ0n) is 12.3. The van der Waals surface area contributed by atoms with Crippen LogP contribution in [0.2, 0.25) is 0 Å². The molecular weight excluding hydrogens is 254 g/mol. The molecule has 3 rings (SSSR count). The lowest BCUT2D eigenvalue weighted by Crippen LogP contribution is -2.37. The number of ether oxygens (including phenoxy) is 2. The van der Waals surface area contributed by atoms with E-state index in [1.807, 2.05) is 26.0 Å². The first-order chi connectivity index (χ1) is 9.48. The van der Waals surface area contributed by atoms with Crippen molar-refractivity contribution in [1.29, 1.82) is 0 Å². The SMILES string of the molecule is CCc1nc2cc3c(cc2n1CC(C)(C)N)OCCO3. The Morgan fingerprint density at radius 2 is 1.90 bits per heavy atom. The summed E-state index contributed by atoms with van der Waals surface area (Å²) < 4.78 is 13.5. The Hall–Kier alpha value is -1.75. The Bertz CT molecular complexity index is 641. The summed E-state index contributed by atoms with van der Waals surface area (Å²) in [6, 6.07) is 3.98. The average molecular weight is 275 g/mol. The quantitative estimate of drug-likeness (QED) is 0.932. The van der Waals surface area contributed by atoms with Crippen LogP contribution in [-0.2, 0) is 13.0 Å². The van der Waals surface area contributed by atoms with Crippen molar-refractivity contribution in [2.45, 2.75) is 39.3 Å². The predicted octanol–water partition coefficient (Wildman–Crippen LogP) is 2.11. The molecule has 2 aromatic rings. The monoisotopic (exact) mass is 275 g/mol. The summed E-state index contributed by atoms with van der Waals surface area (Å²) in [5, 5.41) is 0. The highest BCUT2D eigenvalue weighted by molar-refractivity contribution is 5.81. The molecule has 1 aliphatic heterocycles. The van der Waals surface area contributed by atoms with Crippen molar-refractivity contribution in [2.75, 3.05) is 13.2 Å². The molecule has 0 bridgehead atoms. The summed E-state index contributed by atoms with van der Waals surface area (Å²) in [6.07, 6.45) is 0.872. The lowest BCUT2D eigenvalue weighted by Gasteiger charge is -2.22. The Morgan fingerprint density at radius 1 is 1.25 bits per heavy atom. The number of hydrogen-bond donors (Lipinski definition) is 1. The second kappa shape index (κ2) is 4.66. The number of imidazole rings is 1. The average Bonchev–Trinajstić information content (AvgIpc) is 2.72. The first-order valence-corrected chi connectivity index (χ1v) is 7.05. The van der Waals surface area contributed by atoms with E-state index in [1.165, 1.54) is 0 Å². The van der Waals surface area contributed by atoms with Crippen molar-refractivity contribution in [1.82, 2.24) is 9.55 Å². The van der Waals surface area contributed by atoms with Crippen molar-refractivity contribution in [3.05, 3.63) is 18.0 Å². The van der Waals surface area contributed by atoms with Crippen LogP contribution in [0.3, 0.4) is 0 Å². The van der Waals surface area contributed by atoms with Crippen molar-refractivity contribution >= 4 is 11.0 Å². The highest BCUT2D eigenvalue weighted by Crippen LogP contribution is 2.35. The van der Waals surface area contributed by atoms with Crippen LogP contribution in [0.15, 0.2) is 12.1 Å². The van der Waals surface area contributed by atoms with E-state index in [4.69, 9.17) is 20.2 Å². The van der Waals surface area contributed by atoms with Crippen LogP contribution in [0.5, 0.6) is 11.5 Å². The van der Waals surface area contributed by atoms with Gasteiger partial charge in [0, 0.05) is 30.6 Å². The molecule has 20 heavy (non-hydrogen) atoms. The van der Waals surface area contributed by atoms with Gasteiger partial charge in [-0.15, -0.1) is 0 Å². The van der Waals surface area contributed by atoms with E-state index in [-0.39, 0.29) is 5.54 Å². The topological polar surface area (TPSA) is 62.3 Å². The lowest BCUT2D eigenvalue weighted by molar-refractivity contribution is 0.172. The Labute approximate surface area is 118 Å². The van der Waals surface area contributed by atoms with Gasteiger partial charge in [0.25, 0.3) is 0 Å². The maximum absolute atomic E-state index is 6.17. The summed E-state index contributed by atoms with van der Waals surface area (Å²) >= 11 is 0. The van der Waals surface area contributed by atoms with Crippen LogP contribution in [0.25, 0.3) is 11.0 Å². The molecule has 2 heterocycles. The second-order valence-electron chi connectivity index (χ2n) is 5.94. The van der Waals surface area contributed by atoms with Gasteiger partial charge in [0.05, 0.1) is 11.0 Å². The maximum atomic E-state index is 6.17. The molecule has 0 radical (unpaired) electrons. The van der Waals surface area contributed by atoms with Gasteiger partial charge in [-0.1, -0.05) is 6.92 Å². The minimum absolute atomic E-state index is 0.287. The number of nitrogens with zero attached hydrogens (tertiary/aromatic N) is 2. The van der Waals surface area contributed by atoms with Crippen molar-refractivity contribution in [3.63, 3.8) is 0 Å². The van der Waals surface area contributed by atoms with E-state index in [1.54, 1.807) is 0 Å². The Balaban J connectivity index is 2.16. The van der Waals surface area contributed by atoms with Gasteiger partial charge in [-0.2, -0.15) is 0 Å². The van der Waals surface area contributed by atoms with Crippen LogP contribution in [0, 0.1) is 0 Å². The van der Waals surface area contributed by atoms with Crippen LogP contribution < -0.4 is 15.2 Å². The lowest BCUT2D eigenvalue weighted by atomic mass is 10.1. The number of rotatable bonds is 3. The Kier molecular flexibility index (Phi) is 3.09. The van der Waals surface area contributed by atoms with E-state index < -0.39 is 0 Å². The van der Waals surface area contributed by atoms with Gasteiger partial charge >= 0.3 is 0 Å². The summed E-state index contributed by atoms with van der Waals surface area (Å²) in [5.41, 5.74) is 7.89. The van der Waals surface area contributed by atoms with Crippen molar-refractivity contribution < 1.29 is 9.47 Å². The number of aromatic nitrogens is 2. The van der Waals surface area contributed by atoms with Gasteiger partial charge in [0.15, 0.2) is 11.5 Å². The number of fused-ring (bicyclic) bond motifs is 2. The number of nitrogens with two attached hydrogens (primary N) is 1. The van der Waals surface area contributed by atoms with Crippen molar-refractivity contribution in [3.8, 4) is 11.5 Å². The summed E-state index contributed by atoms with van der Waals surface area (Å²) in [7, 11) is 0. The summed E-state index contributed by atoms with van der Waals surface area (Å²) in [4.78, 5) is 4.70. The highest BCUT2D eigenvalue weighted by atomic mass is 16.6. The molecule has 5 heteroatoms. The van der Waals surface area contributed by atoms with Crippen LogP contribution >= 0.6 is 0 Å². The fraction of sp³-hybridized carbons (Fsp3) is 0.533. The fourth-order valence-electron chi connectivity index (χ4n) is 2.57. The minimum atomic E-state index is -0.287. The van der Waals surface area contributed by atoms with Gasteiger partial charge in [-0.05, 0) is 13.8 Å². The molecule has 0 amide bonds. The van der Waals surface area contributed by atoms with E-state index in [9.17, 15) is 0 Å². The minimum Gasteiger partial charge on any atom is -0.486 e. The van der Waals surface area contributed by atoms with Crippen LogP contribution in [0.4, 0.5) is 0 Å². The molecule has 0 saturated heterocycles. The second-order valence-corrected chi connectivity index (χ2v) is 5.94. The van der Waals surface area contributed by atoms with Crippen LogP contribution in [0.1, 0.15) is 26.6 Å². The van der Waals surface area contributed by atoms with E-state index in [2.05, 4.69) is 11.5 Å². The first-order valence-electron chi connectivity index (χ1n) is 7.05. The number of aryl methyl sites for hydroxylation is 1. The van der Waals surface area contributed by atoms with Gasteiger partial charge in [-0.3, -0.25) is 0 Å². The number of benzene rings is 1. The van der Waals surface area contributed by atoms with E-state index in [0.29, 0.717) is 13.2 Å². The zero-order valence-corrected chi connectivity index (χ0v) is 12.3. The van der Waals surface area contributed by atoms with E-state index >= 15 is 0 Å². The van der Waals surface area contributed by atoms with Crippen molar-refractivity contribution in [2.24, 2.45) is 5.73 Å². The molecule has 1 aliphatic rings. The van der Waals surface area contributed by atoms with Gasteiger partial charge in [0.2, 0.25) is 0 Å². The molecule has 5 nitrogen and oxygen atoms in total. The molecule has 0 unspecified atom stereocenters. The highest BCUT2D eigenvalue weighted by Gasteiger charge is 2.20. The molecular formula is C15H21N3O2. The van der Waals surface area contributed by atoms with Gasteiger partial charge < -0.3 is 19.8 Å². The smallest absolute Gasteiger partial charge is 0.163 e. The molecule has 0 atom stereocenters. The molecule has 108 valence electrons. The summed E-state index contributed by atoms with van der Waals surface area (Å²) in [5.74, 6) is 2.62. The zero-order chi connectivity index (χ0) is 14.3. The van der Waals surface area contributed by atoms with Gasteiger partial charge in [0.1, 0.15) is 19.0 Å².